The van der Waals surface area contributed by atoms with Crippen LogP contribution < -0.4 is 10.6 Å². The van der Waals surface area contributed by atoms with E-state index in [1.54, 1.807) is 25.4 Å². The predicted octanol–water partition coefficient (Wildman–Crippen LogP) is 3.90. The largest absolute Gasteiger partial charge is 0.328 e. The van der Waals surface area contributed by atoms with Gasteiger partial charge in [-0.3, -0.25) is 0 Å². The van der Waals surface area contributed by atoms with E-state index in [9.17, 15) is 4.79 Å². The van der Waals surface area contributed by atoms with Gasteiger partial charge in [0.1, 0.15) is 6.33 Å². The van der Waals surface area contributed by atoms with E-state index in [1.165, 1.54) is 23.1 Å². The molecule has 2 N–H and O–H groups in total. The second-order valence-electron chi connectivity index (χ2n) is 5.15. The summed E-state index contributed by atoms with van der Waals surface area (Å²) in [4.78, 5) is 24.6. The average molecular weight is 413 g/mol. The van der Waals surface area contributed by atoms with Gasteiger partial charge in [-0.2, -0.15) is 9.78 Å². The highest BCUT2D eigenvalue weighted by atomic mass is 35.5. The van der Waals surface area contributed by atoms with Crippen molar-refractivity contribution in [2.75, 3.05) is 5.32 Å². The molecule has 0 unspecified atom stereocenters. The van der Waals surface area contributed by atoms with Gasteiger partial charge in [-0.05, 0) is 25.1 Å². The molecule has 0 radical (unpaired) electrons. The number of anilines is 1. The van der Waals surface area contributed by atoms with E-state index in [4.69, 9.17) is 34.8 Å². The zero-order chi connectivity index (χ0) is 18.7. The Hall–Kier alpha value is -2.42. The van der Waals surface area contributed by atoms with Crippen LogP contribution in [0.5, 0.6) is 0 Å². The van der Waals surface area contributed by atoms with Gasteiger partial charge in [0.2, 0.25) is 0 Å². The number of rotatable bonds is 4. The smallest absolute Gasteiger partial charge is 0.319 e. The maximum atomic E-state index is 12.2. The molecule has 2 heterocycles. The highest BCUT2D eigenvalue weighted by molar-refractivity contribution is 6.48. The summed E-state index contributed by atoms with van der Waals surface area (Å²) in [6.07, 6.45) is 4.54. The molecule has 0 aliphatic carbocycles. The monoisotopic (exact) mass is 411 g/mol. The van der Waals surface area contributed by atoms with E-state index in [1.807, 2.05) is 0 Å². The van der Waals surface area contributed by atoms with Crippen LogP contribution in [0, 0.1) is 0 Å². The van der Waals surface area contributed by atoms with Crippen molar-refractivity contribution in [1.29, 1.82) is 0 Å². The summed E-state index contributed by atoms with van der Waals surface area (Å²) in [7, 11) is 0. The standard InChI is InChI=1S/C15H12Cl3N7O/c1-8(13-21-7-22-25(13)14-19-3-2-4-20-14)23-15(26)24-9-5-10(16)12(18)11(17)6-9/h2-8H,1H3,(H2,23,24,26)/t8-/m0/s1. The molecule has 11 heteroatoms. The minimum absolute atomic E-state index is 0.226. The quantitative estimate of drug-likeness (QED) is 0.633. The zero-order valence-electron chi connectivity index (χ0n) is 13.3. The summed E-state index contributed by atoms with van der Waals surface area (Å²) < 4.78 is 1.45. The van der Waals surface area contributed by atoms with Gasteiger partial charge < -0.3 is 10.6 Å². The molecule has 1 atom stereocenters. The topological polar surface area (TPSA) is 97.6 Å². The van der Waals surface area contributed by atoms with Gasteiger partial charge in [0, 0.05) is 18.1 Å². The highest BCUT2D eigenvalue weighted by Gasteiger charge is 2.18. The van der Waals surface area contributed by atoms with E-state index in [0.717, 1.165) is 0 Å². The number of nitrogens with one attached hydrogen (secondary N) is 2. The number of nitrogens with zero attached hydrogens (tertiary/aromatic N) is 5. The fourth-order valence-corrected chi connectivity index (χ4v) is 2.75. The van der Waals surface area contributed by atoms with Gasteiger partial charge in [-0.1, -0.05) is 34.8 Å². The van der Waals surface area contributed by atoms with Gasteiger partial charge in [0.15, 0.2) is 5.82 Å². The molecule has 0 spiro atoms. The molecule has 2 amide bonds. The van der Waals surface area contributed by atoms with Crippen LogP contribution in [0.2, 0.25) is 15.1 Å². The number of hydrogen-bond donors (Lipinski definition) is 2. The van der Waals surface area contributed by atoms with Crippen molar-refractivity contribution in [3.05, 3.63) is 57.8 Å². The molecule has 0 fully saturated rings. The molecule has 3 rings (SSSR count). The maximum absolute atomic E-state index is 12.2. The first-order valence-corrected chi connectivity index (χ1v) is 8.48. The lowest BCUT2D eigenvalue weighted by Crippen LogP contribution is -2.32. The molecule has 26 heavy (non-hydrogen) atoms. The van der Waals surface area contributed by atoms with Crippen LogP contribution in [-0.2, 0) is 0 Å². The third kappa shape index (κ3) is 4.04. The first kappa shape index (κ1) is 18.4. The normalized spacial score (nSPS) is 11.8. The van der Waals surface area contributed by atoms with E-state index >= 15 is 0 Å². The Morgan fingerprint density at radius 1 is 1.12 bits per heavy atom. The van der Waals surface area contributed by atoms with Crippen molar-refractivity contribution < 1.29 is 4.79 Å². The Balaban J connectivity index is 1.72. The lowest BCUT2D eigenvalue weighted by atomic mass is 10.3. The second kappa shape index (κ2) is 7.86. The van der Waals surface area contributed by atoms with Crippen molar-refractivity contribution in [3.8, 4) is 5.95 Å². The second-order valence-corrected chi connectivity index (χ2v) is 6.35. The van der Waals surface area contributed by atoms with Gasteiger partial charge in [-0.25, -0.2) is 19.7 Å². The van der Waals surface area contributed by atoms with Crippen molar-refractivity contribution in [1.82, 2.24) is 30.0 Å². The average Bonchev–Trinajstić information content (AvgIpc) is 3.10. The fourth-order valence-electron chi connectivity index (χ4n) is 2.16. The van der Waals surface area contributed by atoms with Crippen LogP contribution in [-0.4, -0.2) is 30.8 Å². The summed E-state index contributed by atoms with van der Waals surface area (Å²) >= 11 is 17.8. The molecule has 2 aromatic heterocycles. The van der Waals surface area contributed by atoms with Gasteiger partial charge in [-0.15, -0.1) is 0 Å². The van der Waals surface area contributed by atoms with Crippen LogP contribution in [0.4, 0.5) is 10.5 Å². The minimum Gasteiger partial charge on any atom is -0.328 e. The summed E-state index contributed by atoms with van der Waals surface area (Å²) in [5, 5.41) is 10.2. The van der Waals surface area contributed by atoms with Gasteiger partial charge in [0.05, 0.1) is 21.1 Å². The Labute approximate surface area is 163 Å². The number of carbonyl (C=O) groups excluding carboxylic acids is 1. The summed E-state index contributed by atoms with van der Waals surface area (Å²) in [6.45, 7) is 1.75. The Morgan fingerprint density at radius 2 is 1.77 bits per heavy atom. The van der Waals surface area contributed by atoms with E-state index in [-0.39, 0.29) is 15.1 Å². The Morgan fingerprint density at radius 3 is 2.42 bits per heavy atom. The number of hydrogen-bond acceptors (Lipinski definition) is 5. The van der Waals surface area contributed by atoms with E-state index in [0.29, 0.717) is 17.5 Å². The predicted molar refractivity (Wildman–Crippen MR) is 99.0 cm³/mol. The molecule has 0 aliphatic heterocycles. The molecule has 0 aliphatic rings. The lowest BCUT2D eigenvalue weighted by molar-refractivity contribution is 0.248. The molecule has 8 nitrogen and oxygen atoms in total. The summed E-state index contributed by atoms with van der Waals surface area (Å²) in [6, 6.07) is 3.74. The molecular formula is C15H12Cl3N7O. The Kier molecular flexibility index (Phi) is 5.55. The van der Waals surface area contributed by atoms with Crippen LogP contribution in [0.25, 0.3) is 5.95 Å². The number of urea groups is 1. The third-order valence-corrected chi connectivity index (χ3v) is 4.49. The first-order chi connectivity index (χ1) is 12.5. The number of benzene rings is 1. The number of amides is 2. The van der Waals surface area contributed by atoms with E-state index < -0.39 is 12.1 Å². The lowest BCUT2D eigenvalue weighted by Gasteiger charge is -2.15. The van der Waals surface area contributed by atoms with Crippen LogP contribution in [0.15, 0.2) is 36.9 Å². The van der Waals surface area contributed by atoms with Crippen molar-refractivity contribution >= 4 is 46.5 Å². The number of aromatic nitrogens is 5. The van der Waals surface area contributed by atoms with Gasteiger partial charge in [0.25, 0.3) is 5.95 Å². The molecule has 0 saturated heterocycles. The van der Waals surface area contributed by atoms with Crippen LogP contribution >= 0.6 is 34.8 Å². The highest BCUT2D eigenvalue weighted by Crippen LogP contribution is 2.33. The Bertz CT molecular complexity index is 909. The van der Waals surface area contributed by atoms with Crippen molar-refractivity contribution in [2.45, 2.75) is 13.0 Å². The zero-order valence-corrected chi connectivity index (χ0v) is 15.6. The number of carbonyl (C=O) groups is 1. The van der Waals surface area contributed by atoms with Crippen molar-refractivity contribution in [3.63, 3.8) is 0 Å². The summed E-state index contributed by atoms with van der Waals surface area (Å²) in [5.41, 5.74) is 0.405. The summed E-state index contributed by atoms with van der Waals surface area (Å²) in [5.74, 6) is 0.823. The molecule has 3 aromatic rings. The molecular weight excluding hydrogens is 401 g/mol. The van der Waals surface area contributed by atoms with Crippen LogP contribution in [0.3, 0.4) is 0 Å². The van der Waals surface area contributed by atoms with E-state index in [2.05, 4.69) is 30.7 Å². The van der Waals surface area contributed by atoms with Gasteiger partial charge >= 0.3 is 6.03 Å². The molecule has 1 aromatic carbocycles. The van der Waals surface area contributed by atoms with Crippen molar-refractivity contribution in [2.24, 2.45) is 0 Å². The SMILES string of the molecule is C[C@H](NC(=O)Nc1cc(Cl)c(Cl)c(Cl)c1)c1ncnn1-c1ncccn1. The maximum Gasteiger partial charge on any atom is 0.319 e. The fraction of sp³-hybridized carbons (Fsp3) is 0.133. The molecule has 134 valence electrons. The first-order valence-electron chi connectivity index (χ1n) is 7.35. The minimum atomic E-state index is -0.476. The number of halogens is 3. The molecule has 0 saturated carbocycles. The van der Waals surface area contributed by atoms with Crippen LogP contribution in [0.1, 0.15) is 18.8 Å². The third-order valence-electron chi connectivity index (χ3n) is 3.29. The molecule has 0 bridgehead atoms.